The molecule has 0 radical (unpaired) electrons. The van der Waals surface area contributed by atoms with Gasteiger partial charge in [-0.05, 0) is 37.8 Å². The van der Waals surface area contributed by atoms with Crippen molar-refractivity contribution in [3.8, 4) is 0 Å². The first-order valence-corrected chi connectivity index (χ1v) is 7.20. The minimum absolute atomic E-state index is 0.322. The van der Waals surface area contributed by atoms with Crippen molar-refractivity contribution >= 4 is 23.5 Å². The Balaban J connectivity index is 2.59. The number of hydrogen-bond donors (Lipinski definition) is 2. The van der Waals surface area contributed by atoms with E-state index in [0.717, 1.165) is 0 Å². The maximum atomic E-state index is 13.5. The van der Waals surface area contributed by atoms with Crippen LogP contribution in [-0.4, -0.2) is 42.0 Å². The average Bonchev–Trinajstić information content (AvgIpc) is 2.36. The quantitative estimate of drug-likeness (QED) is 0.818. The second-order valence-corrected chi connectivity index (χ2v) is 5.19. The van der Waals surface area contributed by atoms with Crippen LogP contribution < -0.4 is 5.32 Å². The second-order valence-electron chi connectivity index (χ2n) is 4.34. The third-order valence-corrected chi connectivity index (χ3v) is 3.40. The topological polar surface area (TPSA) is 52.6 Å². The maximum Gasteiger partial charge on any atom is 0.321 e. The number of rotatable bonds is 5. The number of hydrogen-bond acceptors (Lipinski definition) is 3. The summed E-state index contributed by atoms with van der Waals surface area (Å²) in [5.41, 5.74) is 0.421. The number of aliphatic hydroxyl groups excluding tert-OH is 1. The van der Waals surface area contributed by atoms with E-state index in [9.17, 15) is 9.18 Å². The molecule has 0 saturated carbocycles. The van der Waals surface area contributed by atoms with E-state index in [0.29, 0.717) is 23.5 Å². The number of benzene rings is 1. The molecule has 106 valence electrons. The first-order chi connectivity index (χ1) is 8.93. The van der Waals surface area contributed by atoms with Gasteiger partial charge in [-0.25, -0.2) is 9.18 Å². The van der Waals surface area contributed by atoms with Crippen molar-refractivity contribution in [2.45, 2.75) is 24.3 Å². The largest absolute Gasteiger partial charge is 0.393 e. The Hall–Kier alpha value is -1.27. The molecular formula is C13H19FN2O2S. The van der Waals surface area contributed by atoms with E-state index in [1.54, 1.807) is 32.4 Å². The lowest BCUT2D eigenvalue weighted by Crippen LogP contribution is -2.33. The summed E-state index contributed by atoms with van der Waals surface area (Å²) in [5, 5.41) is 11.8. The highest BCUT2D eigenvalue weighted by Crippen LogP contribution is 2.22. The number of nitrogens with one attached hydrogen (secondary N) is 1. The summed E-state index contributed by atoms with van der Waals surface area (Å²) in [7, 11) is 1.63. The Morgan fingerprint density at radius 3 is 2.79 bits per heavy atom. The highest BCUT2D eigenvalue weighted by molar-refractivity contribution is 7.98. The third kappa shape index (κ3) is 5.08. The predicted molar refractivity (Wildman–Crippen MR) is 76.1 cm³/mol. The SMILES string of the molecule is CSc1ccc(NC(=O)N(C)CCC(C)O)cc1F. The molecule has 6 heteroatoms. The van der Waals surface area contributed by atoms with Crippen molar-refractivity contribution < 1.29 is 14.3 Å². The van der Waals surface area contributed by atoms with E-state index in [4.69, 9.17) is 5.11 Å². The molecule has 1 unspecified atom stereocenters. The van der Waals surface area contributed by atoms with Crippen LogP contribution in [0.1, 0.15) is 13.3 Å². The number of nitrogens with zero attached hydrogens (tertiary/aromatic N) is 1. The minimum atomic E-state index is -0.450. The maximum absolute atomic E-state index is 13.5. The number of thioether (sulfide) groups is 1. The van der Waals surface area contributed by atoms with Crippen LogP contribution in [0, 0.1) is 5.82 Å². The molecule has 0 aromatic heterocycles. The Morgan fingerprint density at radius 1 is 1.58 bits per heavy atom. The fourth-order valence-corrected chi connectivity index (χ4v) is 1.90. The van der Waals surface area contributed by atoms with Crippen LogP contribution in [0.3, 0.4) is 0 Å². The van der Waals surface area contributed by atoms with Crippen LogP contribution in [0.15, 0.2) is 23.1 Å². The van der Waals surface area contributed by atoms with Gasteiger partial charge in [0.2, 0.25) is 0 Å². The molecule has 0 aliphatic carbocycles. The smallest absolute Gasteiger partial charge is 0.321 e. The van der Waals surface area contributed by atoms with Gasteiger partial charge in [0.25, 0.3) is 0 Å². The zero-order valence-corrected chi connectivity index (χ0v) is 12.1. The number of carbonyl (C=O) groups is 1. The summed E-state index contributed by atoms with van der Waals surface area (Å²) < 4.78 is 13.5. The molecule has 2 amide bonds. The van der Waals surface area contributed by atoms with Crippen molar-refractivity contribution in [2.75, 3.05) is 25.2 Å². The van der Waals surface area contributed by atoms with E-state index in [1.807, 2.05) is 0 Å². The van der Waals surface area contributed by atoms with Crippen LogP contribution in [0.25, 0.3) is 0 Å². The number of urea groups is 1. The van der Waals surface area contributed by atoms with E-state index in [1.165, 1.54) is 22.7 Å². The van der Waals surface area contributed by atoms with Crippen LogP contribution in [0.2, 0.25) is 0 Å². The fourth-order valence-electron chi connectivity index (χ4n) is 1.45. The van der Waals surface area contributed by atoms with Crippen molar-refractivity contribution in [2.24, 2.45) is 0 Å². The van der Waals surface area contributed by atoms with Gasteiger partial charge in [0.15, 0.2) is 0 Å². The van der Waals surface area contributed by atoms with Gasteiger partial charge in [-0.1, -0.05) is 0 Å². The molecule has 2 N–H and O–H groups in total. The van der Waals surface area contributed by atoms with Gasteiger partial charge in [0, 0.05) is 24.2 Å². The van der Waals surface area contributed by atoms with E-state index < -0.39 is 6.10 Å². The van der Waals surface area contributed by atoms with Crippen LogP contribution in [0.4, 0.5) is 14.9 Å². The molecule has 0 aliphatic heterocycles. The molecule has 1 rings (SSSR count). The molecular weight excluding hydrogens is 267 g/mol. The Morgan fingerprint density at radius 2 is 2.26 bits per heavy atom. The number of anilines is 1. The van der Waals surface area contributed by atoms with Gasteiger partial charge in [0.05, 0.1) is 6.10 Å². The van der Waals surface area contributed by atoms with Gasteiger partial charge in [-0.15, -0.1) is 11.8 Å². The Bertz CT molecular complexity index is 441. The highest BCUT2D eigenvalue weighted by Gasteiger charge is 2.11. The first-order valence-electron chi connectivity index (χ1n) is 5.97. The lowest BCUT2D eigenvalue weighted by atomic mass is 10.3. The molecule has 4 nitrogen and oxygen atoms in total. The summed E-state index contributed by atoms with van der Waals surface area (Å²) in [6, 6.07) is 4.27. The zero-order valence-electron chi connectivity index (χ0n) is 11.3. The fraction of sp³-hybridized carbons (Fsp3) is 0.462. The zero-order chi connectivity index (χ0) is 14.4. The third-order valence-electron chi connectivity index (χ3n) is 2.63. The van der Waals surface area contributed by atoms with Gasteiger partial charge < -0.3 is 15.3 Å². The second kappa shape index (κ2) is 7.35. The molecule has 0 bridgehead atoms. The van der Waals surface area contributed by atoms with Gasteiger partial charge in [-0.2, -0.15) is 0 Å². The molecule has 1 aromatic rings. The van der Waals surface area contributed by atoms with Crippen LogP contribution in [-0.2, 0) is 0 Å². The number of aliphatic hydroxyl groups is 1. The molecule has 1 aromatic carbocycles. The standard InChI is InChI=1S/C13H19FN2O2S/c1-9(17)6-7-16(2)13(18)15-10-4-5-12(19-3)11(14)8-10/h4-5,8-9,17H,6-7H2,1-3H3,(H,15,18). The number of halogens is 1. The Kier molecular flexibility index (Phi) is 6.11. The number of carbonyl (C=O) groups excluding carboxylic acids is 1. The molecule has 0 aliphatic rings. The summed E-state index contributed by atoms with van der Waals surface area (Å²) in [6.45, 7) is 2.11. The van der Waals surface area contributed by atoms with Crippen molar-refractivity contribution in [3.63, 3.8) is 0 Å². The van der Waals surface area contributed by atoms with Gasteiger partial charge in [0.1, 0.15) is 5.82 Å². The molecule has 0 saturated heterocycles. The lowest BCUT2D eigenvalue weighted by molar-refractivity contribution is 0.167. The van der Waals surface area contributed by atoms with Crippen LogP contribution in [0.5, 0.6) is 0 Å². The summed E-state index contributed by atoms with van der Waals surface area (Å²) in [5.74, 6) is -0.350. The van der Waals surface area contributed by atoms with Gasteiger partial charge >= 0.3 is 6.03 Å². The van der Waals surface area contributed by atoms with E-state index >= 15 is 0 Å². The van der Waals surface area contributed by atoms with Crippen molar-refractivity contribution in [1.82, 2.24) is 4.90 Å². The number of amides is 2. The van der Waals surface area contributed by atoms with E-state index in [2.05, 4.69) is 5.32 Å². The summed E-state index contributed by atoms with van der Waals surface area (Å²) >= 11 is 1.31. The highest BCUT2D eigenvalue weighted by atomic mass is 32.2. The molecule has 19 heavy (non-hydrogen) atoms. The average molecular weight is 286 g/mol. The monoisotopic (exact) mass is 286 g/mol. The normalized spacial score (nSPS) is 12.1. The van der Waals surface area contributed by atoms with Crippen molar-refractivity contribution in [3.05, 3.63) is 24.0 Å². The Labute approximate surface area is 117 Å². The summed E-state index contributed by atoms with van der Waals surface area (Å²) in [6.07, 6.45) is 1.85. The summed E-state index contributed by atoms with van der Waals surface area (Å²) in [4.78, 5) is 13.8. The molecule has 0 spiro atoms. The predicted octanol–water partition coefficient (Wildman–Crippen LogP) is 2.78. The van der Waals surface area contributed by atoms with Gasteiger partial charge in [-0.3, -0.25) is 0 Å². The first kappa shape index (κ1) is 15.8. The molecule has 0 heterocycles. The molecule has 1 atom stereocenters. The van der Waals surface area contributed by atoms with Crippen LogP contribution >= 0.6 is 11.8 Å². The van der Waals surface area contributed by atoms with E-state index in [-0.39, 0.29) is 11.8 Å². The minimum Gasteiger partial charge on any atom is -0.393 e. The van der Waals surface area contributed by atoms with Crippen molar-refractivity contribution in [1.29, 1.82) is 0 Å². The lowest BCUT2D eigenvalue weighted by Gasteiger charge is -2.18. The molecule has 0 fully saturated rings.